The van der Waals surface area contributed by atoms with Crippen LogP contribution in [0, 0.1) is 6.92 Å². The van der Waals surface area contributed by atoms with Crippen LogP contribution in [0.5, 0.6) is 0 Å². The summed E-state index contributed by atoms with van der Waals surface area (Å²) in [4.78, 5) is 36.9. The Balaban J connectivity index is 1.77. The summed E-state index contributed by atoms with van der Waals surface area (Å²) >= 11 is 0. The van der Waals surface area contributed by atoms with Crippen molar-refractivity contribution in [3.8, 4) is 0 Å². The molecule has 0 aliphatic heterocycles. The first-order valence-electron chi connectivity index (χ1n) is 8.85. The van der Waals surface area contributed by atoms with Crippen molar-refractivity contribution in [3.63, 3.8) is 0 Å². The molecule has 0 aliphatic rings. The van der Waals surface area contributed by atoms with Gasteiger partial charge in [-0.2, -0.15) is 5.10 Å². The highest BCUT2D eigenvalue weighted by atomic mass is 16.2. The summed E-state index contributed by atoms with van der Waals surface area (Å²) in [5.41, 5.74) is 6.43. The minimum absolute atomic E-state index is 0.0697. The topological polar surface area (TPSA) is 93.1 Å². The maximum Gasteiger partial charge on any atom is 0.290 e. The number of hydrogen-bond acceptors (Lipinski definition) is 4. The number of hydrogen-bond donors (Lipinski definition) is 2. The average Bonchev–Trinajstić information content (AvgIpc) is 2.72. The van der Waals surface area contributed by atoms with Crippen molar-refractivity contribution in [2.75, 3.05) is 0 Å². The molecule has 0 aliphatic carbocycles. The van der Waals surface area contributed by atoms with Gasteiger partial charge >= 0.3 is 0 Å². The number of aromatic nitrogens is 2. The molecule has 2 amide bonds. The van der Waals surface area contributed by atoms with Gasteiger partial charge in [0.1, 0.15) is 0 Å². The number of fused-ring (bicyclic) bond motifs is 1. The number of amides is 2. The van der Waals surface area contributed by atoms with Crippen molar-refractivity contribution >= 4 is 28.7 Å². The zero-order valence-electron chi connectivity index (χ0n) is 15.6. The normalized spacial score (nSPS) is 10.9. The minimum atomic E-state index is -0.601. The molecule has 2 aromatic carbocycles. The Morgan fingerprint density at radius 2 is 1.71 bits per heavy atom. The molecular weight excluding hydrogens is 356 g/mol. The molecule has 0 atom stereocenters. The molecule has 2 N–H and O–H groups in total. The van der Waals surface area contributed by atoms with E-state index in [1.54, 1.807) is 37.3 Å². The summed E-state index contributed by atoms with van der Waals surface area (Å²) < 4.78 is 1.22. The Labute approximate surface area is 161 Å². The number of hydrazine groups is 1. The lowest BCUT2D eigenvalue weighted by Crippen LogP contribution is -2.42. The summed E-state index contributed by atoms with van der Waals surface area (Å²) in [5.74, 6) is -1.08. The smallest absolute Gasteiger partial charge is 0.268 e. The summed E-state index contributed by atoms with van der Waals surface area (Å²) in [7, 11) is 0. The average molecular weight is 376 g/mol. The first-order chi connectivity index (χ1) is 13.5. The van der Waals surface area contributed by atoms with Crippen molar-refractivity contribution in [1.29, 1.82) is 0 Å². The Morgan fingerprint density at radius 3 is 2.43 bits per heavy atom. The Kier molecular flexibility index (Phi) is 5.64. The van der Waals surface area contributed by atoms with Gasteiger partial charge < -0.3 is 0 Å². The van der Waals surface area contributed by atoms with Gasteiger partial charge in [0, 0.05) is 18.0 Å². The van der Waals surface area contributed by atoms with Gasteiger partial charge in [-0.25, -0.2) is 4.68 Å². The van der Waals surface area contributed by atoms with E-state index in [9.17, 15) is 14.4 Å². The summed E-state index contributed by atoms with van der Waals surface area (Å²) in [5, 5.41) is 4.95. The van der Waals surface area contributed by atoms with Gasteiger partial charge in [-0.1, -0.05) is 42.5 Å². The molecular formula is C21H20N4O3. The van der Waals surface area contributed by atoms with E-state index < -0.39 is 11.8 Å². The Bertz CT molecular complexity index is 1130. The summed E-state index contributed by atoms with van der Waals surface area (Å²) in [6, 6.07) is 14.4. The zero-order chi connectivity index (χ0) is 20.1. The number of nitrogens with one attached hydrogen (secondary N) is 2. The van der Waals surface area contributed by atoms with Crippen LogP contribution < -0.4 is 16.4 Å². The van der Waals surface area contributed by atoms with E-state index in [4.69, 9.17) is 0 Å². The van der Waals surface area contributed by atoms with Crippen molar-refractivity contribution in [3.05, 3.63) is 81.8 Å². The van der Waals surface area contributed by atoms with Crippen LogP contribution >= 0.6 is 0 Å². The Morgan fingerprint density at radius 1 is 1.04 bits per heavy atom. The Hall–Kier alpha value is -3.74. The standard InChI is InChI=1S/C21H20N4O3/c1-3-25-21(28)17-11-7-6-10-16(17)19(24-25)20(27)23-22-18(26)13-12-15-9-5-4-8-14(15)2/h4-13H,3H2,1-2H3,(H,22,26)(H,23,27)/b13-12+. The van der Waals surface area contributed by atoms with Crippen molar-refractivity contribution < 1.29 is 9.59 Å². The van der Waals surface area contributed by atoms with Gasteiger partial charge in [0.25, 0.3) is 17.4 Å². The number of carbonyl (C=O) groups excluding carboxylic acids is 2. The van der Waals surface area contributed by atoms with Crippen molar-refractivity contribution in [1.82, 2.24) is 20.6 Å². The summed E-state index contributed by atoms with van der Waals surface area (Å²) in [6.45, 7) is 4.04. The van der Waals surface area contributed by atoms with Gasteiger partial charge in [-0.3, -0.25) is 25.2 Å². The molecule has 0 saturated heterocycles. The maximum atomic E-state index is 12.5. The molecule has 3 aromatic rings. The fourth-order valence-electron chi connectivity index (χ4n) is 2.78. The second-order valence-corrected chi connectivity index (χ2v) is 6.15. The fraction of sp³-hybridized carbons (Fsp3) is 0.143. The largest absolute Gasteiger partial charge is 0.290 e. The lowest BCUT2D eigenvalue weighted by Gasteiger charge is -2.10. The molecule has 3 rings (SSSR count). The zero-order valence-corrected chi connectivity index (χ0v) is 15.6. The van der Waals surface area contributed by atoms with Gasteiger partial charge in [0.05, 0.1) is 5.39 Å². The molecule has 28 heavy (non-hydrogen) atoms. The molecule has 7 heteroatoms. The molecule has 0 bridgehead atoms. The van der Waals surface area contributed by atoms with Gasteiger partial charge in [0.2, 0.25) is 0 Å². The van der Waals surface area contributed by atoms with E-state index in [-0.39, 0.29) is 11.3 Å². The molecule has 0 unspecified atom stereocenters. The van der Waals surface area contributed by atoms with E-state index in [0.717, 1.165) is 11.1 Å². The highest BCUT2D eigenvalue weighted by molar-refractivity contribution is 6.05. The van der Waals surface area contributed by atoms with Gasteiger partial charge in [-0.05, 0) is 37.1 Å². The lowest BCUT2D eigenvalue weighted by atomic mass is 10.1. The predicted octanol–water partition coefficient (Wildman–Crippen LogP) is 2.20. The van der Waals surface area contributed by atoms with E-state index in [0.29, 0.717) is 17.3 Å². The number of rotatable bonds is 4. The van der Waals surface area contributed by atoms with Crippen molar-refractivity contribution in [2.24, 2.45) is 0 Å². The van der Waals surface area contributed by atoms with Crippen molar-refractivity contribution in [2.45, 2.75) is 20.4 Å². The van der Waals surface area contributed by atoms with Crippen LogP contribution in [0.15, 0.2) is 59.4 Å². The molecule has 0 radical (unpaired) electrons. The van der Waals surface area contributed by atoms with Crippen LogP contribution in [0.4, 0.5) is 0 Å². The van der Waals surface area contributed by atoms with E-state index >= 15 is 0 Å². The van der Waals surface area contributed by atoms with Crippen LogP contribution in [0.1, 0.15) is 28.5 Å². The SMILES string of the molecule is CCn1nc(C(=O)NNC(=O)/C=C/c2ccccc2C)c2ccccc2c1=O. The summed E-state index contributed by atoms with van der Waals surface area (Å²) in [6.07, 6.45) is 3.00. The number of benzene rings is 2. The third-order valence-electron chi connectivity index (χ3n) is 4.28. The second-order valence-electron chi connectivity index (χ2n) is 6.15. The highest BCUT2D eigenvalue weighted by Gasteiger charge is 2.16. The minimum Gasteiger partial charge on any atom is -0.268 e. The fourth-order valence-corrected chi connectivity index (χ4v) is 2.78. The monoisotopic (exact) mass is 376 g/mol. The van der Waals surface area contributed by atoms with Crippen LogP contribution in [-0.2, 0) is 11.3 Å². The predicted molar refractivity (Wildman–Crippen MR) is 107 cm³/mol. The first kappa shape index (κ1) is 19.0. The third kappa shape index (κ3) is 3.98. The van der Waals surface area contributed by atoms with Crippen LogP contribution in [0.3, 0.4) is 0 Å². The molecule has 0 saturated carbocycles. The van der Waals surface area contributed by atoms with E-state index in [1.807, 2.05) is 31.2 Å². The number of carbonyl (C=O) groups is 2. The van der Waals surface area contributed by atoms with Crippen LogP contribution in [0.25, 0.3) is 16.8 Å². The van der Waals surface area contributed by atoms with Gasteiger partial charge in [-0.15, -0.1) is 0 Å². The van der Waals surface area contributed by atoms with Crippen LogP contribution in [-0.4, -0.2) is 21.6 Å². The molecule has 1 aromatic heterocycles. The maximum absolute atomic E-state index is 12.5. The molecule has 142 valence electrons. The highest BCUT2D eigenvalue weighted by Crippen LogP contribution is 2.13. The molecule has 0 fully saturated rings. The van der Waals surface area contributed by atoms with Gasteiger partial charge in [0.15, 0.2) is 5.69 Å². The third-order valence-corrected chi connectivity index (χ3v) is 4.28. The van der Waals surface area contributed by atoms with E-state index in [2.05, 4.69) is 16.0 Å². The molecule has 0 spiro atoms. The molecule has 7 nitrogen and oxygen atoms in total. The quantitative estimate of drug-likeness (QED) is 0.539. The number of aryl methyl sites for hydroxylation is 2. The molecule has 1 heterocycles. The second kappa shape index (κ2) is 8.30. The number of nitrogens with zero attached hydrogens (tertiary/aromatic N) is 2. The lowest BCUT2D eigenvalue weighted by molar-refractivity contribution is -0.117. The van der Waals surface area contributed by atoms with E-state index in [1.165, 1.54) is 10.8 Å². The first-order valence-corrected chi connectivity index (χ1v) is 8.85. The van der Waals surface area contributed by atoms with Crippen LogP contribution in [0.2, 0.25) is 0 Å².